The molecule has 0 bridgehead atoms. The van der Waals surface area contributed by atoms with E-state index >= 15 is 0 Å². The van der Waals surface area contributed by atoms with Crippen LogP contribution < -0.4 is 5.32 Å². The highest BCUT2D eigenvalue weighted by atomic mass is 19.1. The smallest absolute Gasteiger partial charge is 0.227 e. The Morgan fingerprint density at radius 2 is 2.07 bits per heavy atom. The van der Waals surface area contributed by atoms with E-state index in [1.807, 2.05) is 24.0 Å². The number of hydrogen-bond donors (Lipinski definition) is 1. The maximum absolute atomic E-state index is 13.1. The first-order valence-electron chi connectivity index (χ1n) is 10.1. The zero-order valence-corrected chi connectivity index (χ0v) is 16.9. The number of halogens is 1. The van der Waals surface area contributed by atoms with Crippen LogP contribution in [0.4, 0.5) is 15.9 Å². The average molecular weight is 405 g/mol. The van der Waals surface area contributed by atoms with E-state index in [4.69, 9.17) is 4.98 Å². The van der Waals surface area contributed by atoms with Crippen molar-refractivity contribution >= 4 is 17.4 Å². The van der Waals surface area contributed by atoms with Gasteiger partial charge in [0.1, 0.15) is 11.6 Å². The van der Waals surface area contributed by atoms with E-state index in [1.165, 1.54) is 12.1 Å². The van der Waals surface area contributed by atoms with Crippen LogP contribution >= 0.6 is 0 Å². The van der Waals surface area contributed by atoms with Crippen LogP contribution in [-0.2, 0) is 11.2 Å². The summed E-state index contributed by atoms with van der Waals surface area (Å²) in [5.41, 5.74) is 3.62. The fourth-order valence-electron chi connectivity index (χ4n) is 3.82. The first kappa shape index (κ1) is 19.9. The Bertz CT molecular complexity index is 1010. The molecule has 154 valence electrons. The van der Waals surface area contributed by atoms with E-state index in [9.17, 15) is 9.18 Å². The lowest BCUT2D eigenvalue weighted by molar-refractivity contribution is -0.131. The van der Waals surface area contributed by atoms with Gasteiger partial charge in [0.2, 0.25) is 5.91 Å². The van der Waals surface area contributed by atoms with Gasteiger partial charge in [-0.3, -0.25) is 14.8 Å². The third-order valence-electron chi connectivity index (χ3n) is 5.27. The topological polar surface area (TPSA) is 71.0 Å². The van der Waals surface area contributed by atoms with Gasteiger partial charge in [-0.25, -0.2) is 9.37 Å². The number of anilines is 2. The minimum Gasteiger partial charge on any atom is -0.342 e. The molecule has 1 amide bonds. The molecular weight excluding hydrogens is 381 g/mol. The van der Waals surface area contributed by atoms with Crippen molar-refractivity contribution in [3.63, 3.8) is 0 Å². The molecule has 0 radical (unpaired) electrons. The van der Waals surface area contributed by atoms with E-state index < -0.39 is 0 Å². The van der Waals surface area contributed by atoms with Gasteiger partial charge in [-0.05, 0) is 49.6 Å². The predicted molar refractivity (Wildman–Crippen MR) is 113 cm³/mol. The number of benzene rings is 1. The molecule has 0 spiro atoms. The van der Waals surface area contributed by atoms with Gasteiger partial charge >= 0.3 is 0 Å². The van der Waals surface area contributed by atoms with Crippen LogP contribution in [0.3, 0.4) is 0 Å². The highest BCUT2D eigenvalue weighted by Crippen LogP contribution is 2.29. The maximum Gasteiger partial charge on any atom is 0.227 e. The summed E-state index contributed by atoms with van der Waals surface area (Å²) in [6, 6.07) is 10.1. The molecule has 6 nitrogen and oxygen atoms in total. The molecule has 1 aliphatic heterocycles. The van der Waals surface area contributed by atoms with Gasteiger partial charge in [-0.15, -0.1) is 0 Å². The van der Waals surface area contributed by atoms with Crippen LogP contribution in [0.2, 0.25) is 0 Å². The van der Waals surface area contributed by atoms with Crippen LogP contribution in [0.15, 0.2) is 55.0 Å². The highest BCUT2D eigenvalue weighted by molar-refractivity contribution is 5.79. The predicted octanol–water partition coefficient (Wildman–Crippen LogP) is 4.01. The van der Waals surface area contributed by atoms with Gasteiger partial charge in [0.15, 0.2) is 0 Å². The van der Waals surface area contributed by atoms with Crippen LogP contribution in [-0.4, -0.2) is 38.8 Å². The SMILES string of the molecule is Cc1cc(Nc2cnccn2)cc([C@H]2CCCN(C(=O)Cc3ccc(F)cc3)C2)n1. The molecule has 1 N–H and O–H groups in total. The Kier molecular flexibility index (Phi) is 5.97. The Balaban J connectivity index is 1.46. The second-order valence-electron chi connectivity index (χ2n) is 7.62. The van der Waals surface area contributed by atoms with Crippen LogP contribution in [0.5, 0.6) is 0 Å². The normalized spacial score (nSPS) is 16.3. The minimum atomic E-state index is -0.291. The first-order valence-corrected chi connectivity index (χ1v) is 10.1. The highest BCUT2D eigenvalue weighted by Gasteiger charge is 2.26. The third kappa shape index (κ3) is 4.97. The van der Waals surface area contributed by atoms with Crippen LogP contribution in [0.25, 0.3) is 0 Å². The first-order chi connectivity index (χ1) is 14.6. The molecule has 1 aromatic carbocycles. The molecule has 2 aromatic heterocycles. The van der Waals surface area contributed by atoms with Crippen LogP contribution in [0.1, 0.15) is 35.7 Å². The fraction of sp³-hybridized carbons (Fsp3) is 0.304. The van der Waals surface area contributed by atoms with Crippen molar-refractivity contribution in [1.29, 1.82) is 0 Å². The van der Waals surface area contributed by atoms with Gasteiger partial charge in [-0.2, -0.15) is 0 Å². The lowest BCUT2D eigenvalue weighted by Crippen LogP contribution is -2.40. The van der Waals surface area contributed by atoms with Gasteiger partial charge in [0.05, 0.1) is 12.6 Å². The van der Waals surface area contributed by atoms with E-state index in [0.29, 0.717) is 12.4 Å². The van der Waals surface area contributed by atoms with E-state index in [1.54, 1.807) is 30.7 Å². The zero-order chi connectivity index (χ0) is 20.9. The van der Waals surface area contributed by atoms with Crippen molar-refractivity contribution < 1.29 is 9.18 Å². The molecular formula is C23H24FN5O. The summed E-state index contributed by atoms with van der Waals surface area (Å²) in [6.07, 6.45) is 7.15. The van der Waals surface area contributed by atoms with Crippen LogP contribution in [0, 0.1) is 12.7 Å². The third-order valence-corrected chi connectivity index (χ3v) is 5.27. The van der Waals surface area contributed by atoms with Gasteiger partial charge in [0, 0.05) is 48.5 Å². The molecule has 4 rings (SSSR count). The largest absolute Gasteiger partial charge is 0.342 e. The molecule has 3 heterocycles. The number of carbonyl (C=O) groups is 1. The summed E-state index contributed by atoms with van der Waals surface area (Å²) >= 11 is 0. The second kappa shape index (κ2) is 8.98. The van der Waals surface area contributed by atoms with E-state index in [-0.39, 0.29) is 24.1 Å². The molecule has 0 unspecified atom stereocenters. The van der Waals surface area contributed by atoms with Crippen molar-refractivity contribution in [1.82, 2.24) is 19.9 Å². The van der Waals surface area contributed by atoms with Gasteiger partial charge in [0.25, 0.3) is 0 Å². The number of pyridine rings is 1. The number of nitrogens with one attached hydrogen (secondary N) is 1. The Morgan fingerprint density at radius 1 is 1.23 bits per heavy atom. The average Bonchev–Trinajstić information content (AvgIpc) is 2.76. The molecule has 0 saturated carbocycles. The lowest BCUT2D eigenvalue weighted by Gasteiger charge is -2.33. The molecule has 7 heteroatoms. The molecule has 1 atom stereocenters. The summed E-state index contributed by atoms with van der Waals surface area (Å²) in [5.74, 6) is 0.629. The summed E-state index contributed by atoms with van der Waals surface area (Å²) in [5, 5.41) is 3.27. The number of aryl methyl sites for hydroxylation is 1. The van der Waals surface area contributed by atoms with Crippen molar-refractivity contribution in [2.75, 3.05) is 18.4 Å². The summed E-state index contributed by atoms with van der Waals surface area (Å²) in [4.78, 5) is 27.8. The number of hydrogen-bond acceptors (Lipinski definition) is 5. The Hall–Kier alpha value is -3.35. The van der Waals surface area contributed by atoms with Gasteiger partial charge < -0.3 is 10.2 Å². The van der Waals surface area contributed by atoms with E-state index in [2.05, 4.69) is 15.3 Å². The number of rotatable bonds is 5. The zero-order valence-electron chi connectivity index (χ0n) is 16.9. The van der Waals surface area contributed by atoms with Crippen molar-refractivity contribution in [3.05, 3.63) is 77.8 Å². The number of carbonyl (C=O) groups excluding carboxylic acids is 1. The van der Waals surface area contributed by atoms with Crippen molar-refractivity contribution in [3.8, 4) is 0 Å². The molecule has 30 heavy (non-hydrogen) atoms. The number of aromatic nitrogens is 3. The quantitative estimate of drug-likeness (QED) is 0.694. The Labute approximate surface area is 175 Å². The molecule has 0 aliphatic carbocycles. The molecule has 3 aromatic rings. The Morgan fingerprint density at radius 3 is 2.83 bits per heavy atom. The monoisotopic (exact) mass is 405 g/mol. The second-order valence-corrected chi connectivity index (χ2v) is 7.62. The minimum absolute atomic E-state index is 0.0665. The summed E-state index contributed by atoms with van der Waals surface area (Å²) in [7, 11) is 0. The molecule has 1 fully saturated rings. The summed E-state index contributed by atoms with van der Waals surface area (Å²) in [6.45, 7) is 3.35. The summed E-state index contributed by atoms with van der Waals surface area (Å²) < 4.78 is 13.1. The molecule has 1 saturated heterocycles. The number of likely N-dealkylation sites (tertiary alicyclic amines) is 1. The van der Waals surface area contributed by atoms with Gasteiger partial charge in [-0.1, -0.05) is 12.1 Å². The fourth-order valence-corrected chi connectivity index (χ4v) is 3.82. The number of nitrogens with zero attached hydrogens (tertiary/aromatic N) is 4. The lowest BCUT2D eigenvalue weighted by atomic mass is 9.93. The van der Waals surface area contributed by atoms with E-state index in [0.717, 1.165) is 42.0 Å². The standard InChI is InChI=1S/C23H24FN5O/c1-16-11-20(28-22-14-25-8-9-26-22)13-21(27-16)18-3-2-10-29(15-18)23(30)12-17-4-6-19(24)7-5-17/h4-9,11,13-14,18H,2-3,10,12,15H2,1H3,(H,26,27,28)/t18-/m0/s1. The molecule has 1 aliphatic rings. The van der Waals surface area contributed by atoms with Crippen molar-refractivity contribution in [2.24, 2.45) is 0 Å². The number of amides is 1. The van der Waals surface area contributed by atoms with Crippen molar-refractivity contribution in [2.45, 2.75) is 32.1 Å². The number of piperidine rings is 1. The maximum atomic E-state index is 13.1.